The Morgan fingerprint density at radius 1 is 1.11 bits per heavy atom. The quantitative estimate of drug-likeness (QED) is 0.197. The van der Waals surface area contributed by atoms with Gasteiger partial charge in [-0.25, -0.2) is 26.6 Å². The van der Waals surface area contributed by atoms with Gasteiger partial charge in [-0.3, -0.25) is 9.21 Å². The summed E-state index contributed by atoms with van der Waals surface area (Å²) in [5.41, 5.74) is 2.10. The number of rotatable bonds is 12. The number of para-hydroxylation sites is 1. The van der Waals surface area contributed by atoms with Crippen LogP contribution in [0.2, 0.25) is 0 Å². The lowest BCUT2D eigenvalue weighted by Gasteiger charge is -2.33. The zero-order chi connectivity index (χ0) is 34.4. The molecule has 1 aliphatic rings. The van der Waals surface area contributed by atoms with E-state index in [2.05, 4.69) is 14.9 Å². The van der Waals surface area contributed by atoms with Gasteiger partial charge in [-0.1, -0.05) is 18.2 Å². The van der Waals surface area contributed by atoms with Crippen molar-refractivity contribution in [2.75, 3.05) is 56.0 Å². The molecule has 1 aliphatic heterocycles. The normalized spacial score (nSPS) is 15.0. The molecular weight excluding hydrogens is 704 g/mol. The first-order valence-corrected chi connectivity index (χ1v) is 19.1. The summed E-state index contributed by atoms with van der Waals surface area (Å²) < 4.78 is 92.1. The number of carboxylic acids is 1. The fourth-order valence-electron chi connectivity index (χ4n) is 4.72. The number of aliphatic carboxylic acids is 1. The predicted octanol–water partition coefficient (Wildman–Crippen LogP) is 4.69. The summed E-state index contributed by atoms with van der Waals surface area (Å²) in [5.74, 6) is -2.63. The Morgan fingerprint density at radius 2 is 1.81 bits per heavy atom. The summed E-state index contributed by atoms with van der Waals surface area (Å²) >= 11 is 2.77. The second kappa shape index (κ2) is 15.4. The first-order valence-electron chi connectivity index (χ1n) is 14.4. The molecule has 1 saturated heterocycles. The van der Waals surface area contributed by atoms with Gasteiger partial charge in [-0.05, 0) is 37.4 Å². The van der Waals surface area contributed by atoms with Crippen molar-refractivity contribution in [1.29, 1.82) is 0 Å². The number of nitrogens with one attached hydrogen (secondary N) is 1. The van der Waals surface area contributed by atoms with Crippen LogP contribution in [0.3, 0.4) is 0 Å². The van der Waals surface area contributed by atoms with E-state index in [9.17, 15) is 30.0 Å². The summed E-state index contributed by atoms with van der Waals surface area (Å²) in [7, 11) is -6.93. The molecular formula is C28H34F3N5O7S4. The molecule has 1 fully saturated rings. The first kappa shape index (κ1) is 36.8. The zero-order valence-corrected chi connectivity index (χ0v) is 28.7. The standard InChI is InChI=1S/C26H33N5O5S4.C2HF3O2/c1-3-36-15-14-31(40(34,35)24-9-6-16-37-24)23-8-5-7-20-17-22(28-25(20)23)26-27-18-21(38-26)19-29-10-12-30(13-11-29)39(32,33)4-2;3-2(4,5)1(6)7/h5-9,16-18,28H,3-4,10-15,19H2,1-2H3;(H,6,7). The molecule has 0 saturated carbocycles. The van der Waals surface area contributed by atoms with Crippen LogP contribution >= 0.6 is 22.7 Å². The van der Waals surface area contributed by atoms with Crippen LogP contribution in [0.15, 0.2) is 52.2 Å². The third kappa shape index (κ3) is 9.09. The molecule has 19 heteroatoms. The van der Waals surface area contributed by atoms with Gasteiger partial charge in [-0.2, -0.15) is 17.5 Å². The van der Waals surface area contributed by atoms with Gasteiger partial charge in [0.25, 0.3) is 10.0 Å². The number of aromatic amines is 1. The first-order chi connectivity index (χ1) is 22.2. The Labute approximate surface area is 278 Å². The van der Waals surface area contributed by atoms with E-state index < -0.39 is 32.2 Å². The largest absolute Gasteiger partial charge is 0.490 e. The number of hydrogen-bond acceptors (Lipinski definition) is 10. The lowest BCUT2D eigenvalue weighted by Crippen LogP contribution is -2.48. The molecule has 12 nitrogen and oxygen atoms in total. The number of fused-ring (bicyclic) bond motifs is 1. The van der Waals surface area contributed by atoms with E-state index in [0.29, 0.717) is 45.0 Å². The lowest BCUT2D eigenvalue weighted by atomic mass is 10.2. The second-order valence-electron chi connectivity index (χ2n) is 10.1. The van der Waals surface area contributed by atoms with Crippen molar-refractivity contribution in [2.45, 2.75) is 30.8 Å². The molecule has 4 heterocycles. The number of alkyl halides is 3. The van der Waals surface area contributed by atoms with E-state index in [1.165, 1.54) is 15.6 Å². The number of halogens is 3. The summed E-state index contributed by atoms with van der Waals surface area (Å²) in [6, 6.07) is 11.0. The van der Waals surface area contributed by atoms with Crippen LogP contribution in [0.4, 0.5) is 18.9 Å². The maximum absolute atomic E-state index is 13.6. The Bertz CT molecular complexity index is 1850. The maximum atomic E-state index is 13.6. The molecule has 4 aromatic rings. The average molecular weight is 738 g/mol. The van der Waals surface area contributed by atoms with Crippen molar-refractivity contribution >= 4 is 65.3 Å². The number of ether oxygens (including phenoxy) is 1. The summed E-state index contributed by atoms with van der Waals surface area (Å²) in [6.45, 7) is 7.59. The molecule has 47 heavy (non-hydrogen) atoms. The number of carboxylic acid groups (broad SMARTS) is 1. The number of thiophene rings is 1. The number of nitrogens with zero attached hydrogens (tertiary/aromatic N) is 4. The molecule has 0 amide bonds. The minimum atomic E-state index is -5.08. The molecule has 0 unspecified atom stereocenters. The molecule has 0 atom stereocenters. The Hall–Kier alpha value is -3.07. The van der Waals surface area contributed by atoms with Crippen LogP contribution in [-0.2, 0) is 36.1 Å². The fourth-order valence-corrected chi connectivity index (χ4v) is 9.29. The highest BCUT2D eigenvalue weighted by molar-refractivity contribution is 7.94. The lowest BCUT2D eigenvalue weighted by molar-refractivity contribution is -0.192. The number of aromatic nitrogens is 2. The number of sulfonamides is 2. The number of hydrogen-bond donors (Lipinski definition) is 2. The van der Waals surface area contributed by atoms with E-state index in [-0.39, 0.29) is 23.1 Å². The van der Waals surface area contributed by atoms with Crippen LogP contribution in [-0.4, -0.2) is 105 Å². The SMILES string of the molecule is CCOCCN(c1cccc2cc(-c3ncc(CN4CCN(S(=O)(=O)CC)CC4)s3)[nH]c12)S(=O)(=O)c1cccs1.O=C(O)C(F)(F)F. The van der Waals surface area contributed by atoms with Crippen molar-refractivity contribution in [3.8, 4) is 10.7 Å². The minimum absolute atomic E-state index is 0.127. The monoisotopic (exact) mass is 737 g/mol. The number of carbonyl (C=O) groups is 1. The maximum Gasteiger partial charge on any atom is 0.490 e. The molecule has 258 valence electrons. The molecule has 0 radical (unpaired) electrons. The van der Waals surface area contributed by atoms with Crippen LogP contribution in [0.5, 0.6) is 0 Å². The van der Waals surface area contributed by atoms with Gasteiger partial charge in [-0.15, -0.1) is 22.7 Å². The summed E-state index contributed by atoms with van der Waals surface area (Å²) in [5, 5.41) is 10.6. The molecule has 0 spiro atoms. The van der Waals surface area contributed by atoms with Crippen LogP contribution in [0.25, 0.3) is 21.6 Å². The van der Waals surface area contributed by atoms with Gasteiger partial charge in [0.05, 0.1) is 35.8 Å². The highest BCUT2D eigenvalue weighted by Crippen LogP contribution is 2.35. The second-order valence-corrected chi connectivity index (χ2v) is 16.6. The van der Waals surface area contributed by atoms with Gasteiger partial charge < -0.3 is 14.8 Å². The summed E-state index contributed by atoms with van der Waals surface area (Å²) in [4.78, 5) is 20.3. The fraction of sp³-hybridized carbons (Fsp3) is 0.429. The van der Waals surface area contributed by atoms with Crippen LogP contribution in [0.1, 0.15) is 18.7 Å². The highest BCUT2D eigenvalue weighted by atomic mass is 32.2. The summed E-state index contributed by atoms with van der Waals surface area (Å²) in [6.07, 6.45) is -3.22. The van der Waals surface area contributed by atoms with Crippen LogP contribution in [0, 0.1) is 0 Å². The van der Waals surface area contributed by atoms with Gasteiger partial charge in [0.1, 0.15) is 9.22 Å². The Balaban J connectivity index is 0.000000644. The third-order valence-corrected chi connectivity index (χ3v) is 13.2. The molecule has 0 aliphatic carbocycles. The van der Waals surface area contributed by atoms with Crippen molar-refractivity contribution in [3.63, 3.8) is 0 Å². The topological polar surface area (TPSA) is 153 Å². The van der Waals surface area contributed by atoms with Crippen LogP contribution < -0.4 is 4.31 Å². The van der Waals surface area contributed by atoms with Crippen molar-refractivity contribution in [1.82, 2.24) is 19.2 Å². The van der Waals surface area contributed by atoms with E-state index in [4.69, 9.17) is 14.6 Å². The number of thiazole rings is 1. The molecule has 0 bridgehead atoms. The number of benzene rings is 1. The van der Waals surface area contributed by atoms with Crippen molar-refractivity contribution in [2.24, 2.45) is 0 Å². The smallest absolute Gasteiger partial charge is 0.475 e. The number of H-pyrrole nitrogens is 1. The highest BCUT2D eigenvalue weighted by Gasteiger charge is 2.38. The average Bonchev–Trinajstić information content (AvgIpc) is 3.81. The Kier molecular flexibility index (Phi) is 12.1. The number of anilines is 1. The van der Waals surface area contributed by atoms with E-state index in [0.717, 1.165) is 26.5 Å². The van der Waals surface area contributed by atoms with Gasteiger partial charge in [0.15, 0.2) is 0 Å². The van der Waals surface area contributed by atoms with E-state index >= 15 is 0 Å². The number of piperazine rings is 1. The molecule has 1 aromatic carbocycles. The van der Waals surface area contributed by atoms with Gasteiger partial charge in [0.2, 0.25) is 10.0 Å². The molecule has 2 N–H and O–H groups in total. The zero-order valence-electron chi connectivity index (χ0n) is 25.4. The van der Waals surface area contributed by atoms with Crippen molar-refractivity contribution in [3.05, 3.63) is 52.9 Å². The van der Waals surface area contributed by atoms with E-state index in [1.807, 2.05) is 37.4 Å². The van der Waals surface area contributed by atoms with E-state index in [1.54, 1.807) is 40.1 Å². The Morgan fingerprint density at radius 3 is 2.40 bits per heavy atom. The molecule has 3 aromatic heterocycles. The predicted molar refractivity (Wildman–Crippen MR) is 175 cm³/mol. The third-order valence-electron chi connectivity index (χ3n) is 7.08. The van der Waals surface area contributed by atoms with Gasteiger partial charge in [0, 0.05) is 55.8 Å². The molecule has 5 rings (SSSR count). The van der Waals surface area contributed by atoms with Gasteiger partial charge >= 0.3 is 12.1 Å². The minimum Gasteiger partial charge on any atom is -0.475 e. The van der Waals surface area contributed by atoms with Crippen molar-refractivity contribution < 1.29 is 44.6 Å².